The van der Waals surface area contributed by atoms with E-state index in [9.17, 15) is 9.18 Å². The first kappa shape index (κ1) is 9.34. The maximum atomic E-state index is 12.1. The van der Waals surface area contributed by atoms with E-state index in [2.05, 4.69) is 0 Å². The minimum Gasteiger partial charge on any atom is -0.294 e. The number of rotatable bonds is 1. The molecule has 0 saturated heterocycles. The van der Waals surface area contributed by atoms with Crippen LogP contribution in [0.4, 0.5) is 4.39 Å². The largest absolute Gasteiger partial charge is 0.294 e. The first-order valence-electron chi connectivity index (χ1n) is 3.22. The monoisotopic (exact) mass is 144 g/mol. The lowest BCUT2D eigenvalue weighted by molar-refractivity contribution is -0.121. The molecule has 0 spiro atoms. The van der Waals surface area contributed by atoms with Crippen LogP contribution >= 0.6 is 0 Å². The summed E-state index contributed by atoms with van der Waals surface area (Å²) in [4.78, 5) is 11.0. The van der Waals surface area contributed by atoms with Crippen molar-refractivity contribution in [2.75, 3.05) is 0 Å². The van der Waals surface area contributed by atoms with Crippen LogP contribution in [-0.4, -0.2) is 5.78 Å². The van der Waals surface area contributed by atoms with Crippen molar-refractivity contribution in [2.24, 2.45) is 5.41 Å². The second kappa shape index (κ2) is 2.95. The van der Waals surface area contributed by atoms with E-state index >= 15 is 0 Å². The Kier molecular flexibility index (Phi) is 2.76. The van der Waals surface area contributed by atoms with Gasteiger partial charge in [0.25, 0.3) is 0 Å². The van der Waals surface area contributed by atoms with E-state index in [1.54, 1.807) is 20.8 Å². The Labute approximate surface area is 60.9 Å². The number of allylic oxidation sites excluding steroid dienone is 2. The molecule has 0 aromatic heterocycles. The summed E-state index contributed by atoms with van der Waals surface area (Å²) >= 11 is 0. The highest BCUT2D eigenvalue weighted by Gasteiger charge is 2.18. The third-order valence-corrected chi connectivity index (χ3v) is 1.07. The molecule has 0 rings (SSSR count). The van der Waals surface area contributed by atoms with Gasteiger partial charge in [-0.25, -0.2) is 4.39 Å². The fourth-order valence-electron chi connectivity index (χ4n) is 0.397. The Hall–Kier alpha value is -0.660. The third-order valence-electron chi connectivity index (χ3n) is 1.07. The zero-order valence-corrected chi connectivity index (χ0v) is 6.86. The quantitative estimate of drug-likeness (QED) is 0.517. The van der Waals surface area contributed by atoms with Crippen LogP contribution in [0, 0.1) is 5.41 Å². The maximum Gasteiger partial charge on any atom is 0.163 e. The zero-order chi connectivity index (χ0) is 8.36. The summed E-state index contributed by atoms with van der Waals surface area (Å²) in [5.41, 5.74) is -0.465. The van der Waals surface area contributed by atoms with E-state index in [4.69, 9.17) is 0 Å². The molecule has 0 aliphatic rings. The molecule has 0 aromatic rings. The number of carbonyl (C=O) groups is 1. The van der Waals surface area contributed by atoms with Gasteiger partial charge in [-0.2, -0.15) is 0 Å². The first-order chi connectivity index (χ1) is 4.34. The van der Waals surface area contributed by atoms with Crippen molar-refractivity contribution in [1.29, 1.82) is 0 Å². The molecule has 0 aliphatic carbocycles. The normalized spacial score (nSPS) is 13.5. The van der Waals surface area contributed by atoms with E-state index in [1.165, 1.54) is 6.92 Å². The van der Waals surface area contributed by atoms with Gasteiger partial charge < -0.3 is 0 Å². The van der Waals surface area contributed by atoms with Crippen molar-refractivity contribution in [3.05, 3.63) is 11.9 Å². The van der Waals surface area contributed by atoms with Crippen LogP contribution in [0.15, 0.2) is 11.9 Å². The molecule has 0 aliphatic heterocycles. The molecule has 0 aromatic carbocycles. The minimum absolute atomic E-state index is 0.174. The summed E-state index contributed by atoms with van der Waals surface area (Å²) in [7, 11) is 0. The van der Waals surface area contributed by atoms with Crippen LogP contribution in [-0.2, 0) is 4.79 Å². The van der Waals surface area contributed by atoms with Crippen LogP contribution in [0.3, 0.4) is 0 Å². The summed E-state index contributed by atoms with van der Waals surface area (Å²) < 4.78 is 12.1. The standard InChI is InChI=1S/C8H13FO/c1-6(9)5-7(10)8(2,3)4/h5H,1-4H3/b6-5+. The van der Waals surface area contributed by atoms with E-state index in [-0.39, 0.29) is 5.78 Å². The summed E-state index contributed by atoms with van der Waals surface area (Å²) in [5.74, 6) is -0.604. The van der Waals surface area contributed by atoms with Crippen molar-refractivity contribution in [1.82, 2.24) is 0 Å². The highest BCUT2D eigenvalue weighted by molar-refractivity contribution is 5.94. The second-order valence-corrected chi connectivity index (χ2v) is 3.35. The number of ketones is 1. The summed E-state index contributed by atoms with van der Waals surface area (Å²) in [6, 6.07) is 0. The van der Waals surface area contributed by atoms with Gasteiger partial charge in [-0.15, -0.1) is 0 Å². The van der Waals surface area contributed by atoms with Crippen molar-refractivity contribution in [3.8, 4) is 0 Å². The summed E-state index contributed by atoms with van der Waals surface area (Å²) in [5, 5.41) is 0. The maximum absolute atomic E-state index is 12.1. The van der Waals surface area contributed by atoms with Gasteiger partial charge in [-0.05, 0) is 6.92 Å². The summed E-state index contributed by atoms with van der Waals surface area (Å²) in [6.45, 7) is 6.54. The molecule has 0 saturated carbocycles. The van der Waals surface area contributed by atoms with Gasteiger partial charge in [-0.3, -0.25) is 4.79 Å². The predicted octanol–water partition coefficient (Wildman–Crippen LogP) is 2.47. The van der Waals surface area contributed by atoms with Crippen LogP contribution in [0.2, 0.25) is 0 Å². The molecule has 0 unspecified atom stereocenters. The van der Waals surface area contributed by atoms with E-state index < -0.39 is 11.2 Å². The van der Waals surface area contributed by atoms with E-state index in [1.807, 2.05) is 0 Å². The molecule has 0 atom stereocenters. The Bertz CT molecular complexity index is 159. The van der Waals surface area contributed by atoms with Gasteiger partial charge in [0.1, 0.15) is 5.83 Å². The lowest BCUT2D eigenvalue weighted by Gasteiger charge is -2.12. The van der Waals surface area contributed by atoms with Crippen molar-refractivity contribution in [2.45, 2.75) is 27.7 Å². The van der Waals surface area contributed by atoms with Gasteiger partial charge in [0.05, 0.1) is 0 Å². The average molecular weight is 144 g/mol. The Balaban J connectivity index is 4.27. The van der Waals surface area contributed by atoms with Crippen LogP contribution in [0.1, 0.15) is 27.7 Å². The number of halogens is 1. The van der Waals surface area contributed by atoms with E-state index in [0.717, 1.165) is 6.08 Å². The molecular formula is C8H13FO. The van der Waals surface area contributed by atoms with Crippen LogP contribution in [0.25, 0.3) is 0 Å². The molecule has 0 heterocycles. The van der Waals surface area contributed by atoms with Gasteiger partial charge >= 0.3 is 0 Å². The van der Waals surface area contributed by atoms with Crippen molar-refractivity contribution < 1.29 is 9.18 Å². The molecule has 0 N–H and O–H groups in total. The fourth-order valence-corrected chi connectivity index (χ4v) is 0.397. The molecule has 58 valence electrons. The molecule has 2 heteroatoms. The lowest BCUT2D eigenvalue weighted by atomic mass is 9.91. The molecule has 0 radical (unpaired) electrons. The predicted molar refractivity (Wildman–Crippen MR) is 39.3 cm³/mol. The number of hydrogen-bond acceptors (Lipinski definition) is 1. The molecule has 0 amide bonds. The van der Waals surface area contributed by atoms with Gasteiger partial charge in [0.15, 0.2) is 5.78 Å². The smallest absolute Gasteiger partial charge is 0.163 e. The molecule has 0 fully saturated rings. The third kappa shape index (κ3) is 3.38. The molecule has 0 bridgehead atoms. The van der Waals surface area contributed by atoms with Crippen LogP contribution in [0.5, 0.6) is 0 Å². The minimum atomic E-state index is -0.465. The van der Waals surface area contributed by atoms with Crippen LogP contribution < -0.4 is 0 Å². The number of carbonyl (C=O) groups excluding carboxylic acids is 1. The highest BCUT2D eigenvalue weighted by Crippen LogP contribution is 2.16. The Morgan fingerprint density at radius 1 is 1.40 bits per heavy atom. The lowest BCUT2D eigenvalue weighted by Crippen LogP contribution is -2.17. The van der Waals surface area contributed by atoms with Crippen molar-refractivity contribution >= 4 is 5.78 Å². The fraction of sp³-hybridized carbons (Fsp3) is 0.625. The average Bonchev–Trinajstić information content (AvgIpc) is 1.60. The van der Waals surface area contributed by atoms with Gasteiger partial charge in [0.2, 0.25) is 0 Å². The second-order valence-electron chi connectivity index (χ2n) is 3.35. The number of hydrogen-bond donors (Lipinski definition) is 0. The Morgan fingerprint density at radius 3 is 1.90 bits per heavy atom. The van der Waals surface area contributed by atoms with Gasteiger partial charge in [-0.1, -0.05) is 20.8 Å². The topological polar surface area (TPSA) is 17.1 Å². The molecule has 1 nitrogen and oxygen atoms in total. The molecular weight excluding hydrogens is 131 g/mol. The first-order valence-corrected chi connectivity index (χ1v) is 3.22. The summed E-state index contributed by atoms with van der Waals surface area (Å²) in [6.07, 6.45) is 1.03. The van der Waals surface area contributed by atoms with Crippen molar-refractivity contribution in [3.63, 3.8) is 0 Å². The highest BCUT2D eigenvalue weighted by atomic mass is 19.1. The van der Waals surface area contributed by atoms with Gasteiger partial charge in [0, 0.05) is 11.5 Å². The van der Waals surface area contributed by atoms with E-state index in [0.29, 0.717) is 0 Å². The SMILES string of the molecule is C/C(F)=C\C(=O)C(C)(C)C. The zero-order valence-electron chi connectivity index (χ0n) is 6.86. The Morgan fingerprint density at radius 2 is 1.80 bits per heavy atom. The molecule has 10 heavy (non-hydrogen) atoms.